The van der Waals surface area contributed by atoms with Gasteiger partial charge in [0.1, 0.15) is 6.04 Å². The van der Waals surface area contributed by atoms with Crippen LogP contribution in [0.4, 0.5) is 0 Å². The predicted octanol–water partition coefficient (Wildman–Crippen LogP) is 1.44. The molecule has 0 aliphatic carbocycles. The maximum atomic E-state index is 12.0. The number of methoxy groups -OCH3 is 1. The molecule has 0 amide bonds. The maximum absolute atomic E-state index is 12.0. The molecule has 6 nitrogen and oxygen atoms in total. The van der Waals surface area contributed by atoms with Gasteiger partial charge in [-0.2, -0.15) is 0 Å². The monoisotopic (exact) mass is 296 g/mol. The van der Waals surface area contributed by atoms with Crippen LogP contribution in [0.3, 0.4) is 0 Å². The second-order valence-corrected chi connectivity index (χ2v) is 4.95. The second-order valence-electron chi connectivity index (χ2n) is 4.95. The number of carbonyl (C=O) groups is 1. The lowest BCUT2D eigenvalue weighted by Crippen LogP contribution is -2.37. The minimum absolute atomic E-state index is 0.271. The fraction of sp³-hybridized carbons (Fsp3) is 0.733. The van der Waals surface area contributed by atoms with E-state index in [1.54, 1.807) is 12.5 Å². The number of ether oxygens (including phenoxy) is 1. The summed E-state index contributed by atoms with van der Waals surface area (Å²) in [5.41, 5.74) is 0.864. The van der Waals surface area contributed by atoms with Crippen LogP contribution in [0.25, 0.3) is 0 Å². The maximum Gasteiger partial charge on any atom is 0.329 e. The van der Waals surface area contributed by atoms with Crippen molar-refractivity contribution in [3.8, 4) is 0 Å². The quantitative estimate of drug-likeness (QED) is 0.662. The molecule has 1 N–H and O–H groups in total. The van der Waals surface area contributed by atoms with Crippen molar-refractivity contribution in [3.05, 3.63) is 18.2 Å². The Bertz CT molecular complexity index is 416. The van der Waals surface area contributed by atoms with Gasteiger partial charge < -0.3 is 14.2 Å². The second kappa shape index (κ2) is 9.52. The van der Waals surface area contributed by atoms with E-state index in [0.29, 0.717) is 0 Å². The van der Waals surface area contributed by atoms with Crippen LogP contribution in [0.15, 0.2) is 12.5 Å². The van der Waals surface area contributed by atoms with Crippen LogP contribution >= 0.6 is 0 Å². The number of nitrogens with one attached hydrogen (secondary N) is 1. The number of esters is 1. The molecule has 6 heteroatoms. The average molecular weight is 296 g/mol. The number of aromatic nitrogens is 2. The molecule has 0 saturated heterocycles. The third-order valence-electron chi connectivity index (χ3n) is 3.61. The van der Waals surface area contributed by atoms with E-state index in [4.69, 9.17) is 4.74 Å². The highest BCUT2D eigenvalue weighted by molar-refractivity contribution is 5.76. The molecule has 1 atom stereocenters. The van der Waals surface area contributed by atoms with E-state index in [1.807, 2.05) is 4.57 Å². The summed E-state index contributed by atoms with van der Waals surface area (Å²) in [7, 11) is 1.42. The summed E-state index contributed by atoms with van der Waals surface area (Å²) in [4.78, 5) is 18.5. The summed E-state index contributed by atoms with van der Waals surface area (Å²) >= 11 is 0. The van der Waals surface area contributed by atoms with Gasteiger partial charge in [-0.05, 0) is 19.5 Å². The highest BCUT2D eigenvalue weighted by atomic mass is 16.5. The van der Waals surface area contributed by atoms with E-state index >= 15 is 0 Å². The van der Waals surface area contributed by atoms with Gasteiger partial charge in [-0.1, -0.05) is 20.8 Å². The van der Waals surface area contributed by atoms with Gasteiger partial charge >= 0.3 is 5.97 Å². The lowest BCUT2D eigenvalue weighted by molar-refractivity contribution is -0.143. The Kier molecular flexibility index (Phi) is 8.00. The third kappa shape index (κ3) is 5.13. The van der Waals surface area contributed by atoms with Crippen LogP contribution in [-0.4, -0.2) is 53.7 Å². The fourth-order valence-electron chi connectivity index (χ4n) is 2.33. The Morgan fingerprint density at radius 3 is 2.71 bits per heavy atom. The topological polar surface area (TPSA) is 59.4 Å². The number of carbonyl (C=O) groups excluding carboxylic acids is 1. The zero-order valence-corrected chi connectivity index (χ0v) is 13.6. The third-order valence-corrected chi connectivity index (χ3v) is 3.61. The van der Waals surface area contributed by atoms with E-state index < -0.39 is 6.04 Å². The normalized spacial score (nSPS) is 12.6. The smallest absolute Gasteiger partial charge is 0.329 e. The number of likely N-dealkylation sites (N-methyl/N-ethyl adjacent to an activating group) is 1. The van der Waals surface area contributed by atoms with E-state index in [9.17, 15) is 4.79 Å². The molecule has 1 aromatic heterocycles. The molecule has 0 saturated carbocycles. The van der Waals surface area contributed by atoms with Crippen molar-refractivity contribution in [1.29, 1.82) is 0 Å². The number of hydrogen-bond donors (Lipinski definition) is 1. The highest BCUT2D eigenvalue weighted by Crippen LogP contribution is 2.14. The van der Waals surface area contributed by atoms with Crippen molar-refractivity contribution < 1.29 is 9.53 Å². The molecular formula is C15H28N4O2. The molecule has 0 radical (unpaired) electrons. The zero-order chi connectivity index (χ0) is 15.7. The summed E-state index contributed by atoms with van der Waals surface area (Å²) in [6, 6.07) is -0.459. The predicted molar refractivity (Wildman–Crippen MR) is 83.1 cm³/mol. The Morgan fingerprint density at radius 2 is 2.14 bits per heavy atom. The van der Waals surface area contributed by atoms with E-state index in [2.05, 4.69) is 36.0 Å². The van der Waals surface area contributed by atoms with Crippen molar-refractivity contribution in [2.24, 2.45) is 0 Å². The summed E-state index contributed by atoms with van der Waals surface area (Å²) in [5.74, 6) is -0.271. The number of aryl methyl sites for hydroxylation is 1. The SMILES string of the molecule is CCCn1cncc1C(NCCN(CC)CC)C(=O)OC. The van der Waals surface area contributed by atoms with E-state index in [0.717, 1.165) is 44.8 Å². The van der Waals surface area contributed by atoms with Crippen LogP contribution in [0.5, 0.6) is 0 Å². The fourth-order valence-corrected chi connectivity index (χ4v) is 2.33. The Labute approximate surface area is 127 Å². The van der Waals surface area contributed by atoms with Crippen molar-refractivity contribution >= 4 is 5.97 Å². The minimum Gasteiger partial charge on any atom is -0.468 e. The van der Waals surface area contributed by atoms with Crippen molar-refractivity contribution in [2.75, 3.05) is 33.3 Å². The zero-order valence-electron chi connectivity index (χ0n) is 13.6. The molecular weight excluding hydrogens is 268 g/mol. The van der Waals surface area contributed by atoms with Crippen molar-refractivity contribution in [3.63, 3.8) is 0 Å². The van der Waals surface area contributed by atoms with Gasteiger partial charge in [-0.15, -0.1) is 0 Å². The number of nitrogens with zero attached hydrogens (tertiary/aromatic N) is 3. The molecule has 0 aromatic carbocycles. The van der Waals surface area contributed by atoms with Crippen LogP contribution < -0.4 is 5.32 Å². The van der Waals surface area contributed by atoms with Gasteiger partial charge in [0.15, 0.2) is 0 Å². The van der Waals surface area contributed by atoms with Crippen LogP contribution in [-0.2, 0) is 16.1 Å². The van der Waals surface area contributed by atoms with Gasteiger partial charge in [0.2, 0.25) is 0 Å². The van der Waals surface area contributed by atoms with Gasteiger partial charge in [0.25, 0.3) is 0 Å². The van der Waals surface area contributed by atoms with Crippen molar-refractivity contribution in [2.45, 2.75) is 39.8 Å². The molecule has 21 heavy (non-hydrogen) atoms. The van der Waals surface area contributed by atoms with Crippen LogP contribution in [0.2, 0.25) is 0 Å². The van der Waals surface area contributed by atoms with Crippen LogP contribution in [0, 0.1) is 0 Å². The molecule has 1 rings (SSSR count). The summed E-state index contributed by atoms with van der Waals surface area (Å²) in [6.07, 6.45) is 4.50. The van der Waals surface area contributed by atoms with Crippen LogP contribution in [0.1, 0.15) is 38.9 Å². The van der Waals surface area contributed by atoms with E-state index in [1.165, 1.54) is 7.11 Å². The van der Waals surface area contributed by atoms with Gasteiger partial charge in [0.05, 0.1) is 25.3 Å². The summed E-state index contributed by atoms with van der Waals surface area (Å²) in [6.45, 7) is 10.9. The van der Waals surface area contributed by atoms with Crippen molar-refractivity contribution in [1.82, 2.24) is 19.8 Å². The first-order valence-corrected chi connectivity index (χ1v) is 7.71. The van der Waals surface area contributed by atoms with Gasteiger partial charge in [0, 0.05) is 19.6 Å². The van der Waals surface area contributed by atoms with E-state index in [-0.39, 0.29) is 5.97 Å². The molecule has 0 aliphatic rings. The highest BCUT2D eigenvalue weighted by Gasteiger charge is 2.24. The Morgan fingerprint density at radius 1 is 1.43 bits per heavy atom. The van der Waals surface area contributed by atoms with Gasteiger partial charge in [-0.25, -0.2) is 9.78 Å². The molecule has 120 valence electrons. The van der Waals surface area contributed by atoms with Gasteiger partial charge in [-0.3, -0.25) is 5.32 Å². The summed E-state index contributed by atoms with van der Waals surface area (Å²) < 4.78 is 6.93. The molecule has 1 heterocycles. The Balaban J connectivity index is 2.72. The standard InChI is InChI=1S/C15H28N4O2/c1-5-9-19-12-16-11-13(19)14(15(20)21-4)17-8-10-18(6-2)7-3/h11-12,14,17H,5-10H2,1-4H3. The molecule has 0 fully saturated rings. The Hall–Kier alpha value is -1.40. The number of hydrogen-bond acceptors (Lipinski definition) is 5. The number of imidazole rings is 1. The summed E-state index contributed by atoms with van der Waals surface area (Å²) in [5, 5.41) is 3.29. The first-order chi connectivity index (χ1) is 10.2. The molecule has 1 unspecified atom stereocenters. The molecule has 0 spiro atoms. The number of rotatable bonds is 10. The first kappa shape index (κ1) is 17.7. The molecule has 0 aliphatic heterocycles. The molecule has 1 aromatic rings. The lowest BCUT2D eigenvalue weighted by atomic mass is 10.2. The average Bonchev–Trinajstić information content (AvgIpc) is 2.95. The largest absolute Gasteiger partial charge is 0.468 e. The first-order valence-electron chi connectivity index (χ1n) is 7.71. The minimum atomic E-state index is -0.459. The lowest BCUT2D eigenvalue weighted by Gasteiger charge is -2.22. The molecule has 0 bridgehead atoms.